The first-order valence-corrected chi connectivity index (χ1v) is 7.05. The minimum atomic E-state index is -0.103. The van der Waals surface area contributed by atoms with Crippen LogP contribution in [0.2, 0.25) is 0 Å². The first-order chi connectivity index (χ1) is 10.3. The van der Waals surface area contributed by atoms with Crippen LogP contribution in [0.3, 0.4) is 0 Å². The summed E-state index contributed by atoms with van der Waals surface area (Å²) in [6.45, 7) is 0. The molecule has 0 saturated heterocycles. The van der Waals surface area contributed by atoms with E-state index in [0.29, 0.717) is 0 Å². The van der Waals surface area contributed by atoms with Crippen molar-refractivity contribution in [1.29, 1.82) is 0 Å². The SMILES string of the molecule is O=C1c2cccc3cccc(c23)C2Nc3ccccc3N12. The molecule has 3 heteroatoms. The molecule has 3 nitrogen and oxygen atoms in total. The minimum absolute atomic E-state index is 0.0711. The highest BCUT2D eigenvalue weighted by molar-refractivity contribution is 6.19. The molecule has 3 aromatic carbocycles. The lowest BCUT2D eigenvalue weighted by Gasteiger charge is -2.31. The van der Waals surface area contributed by atoms with Crippen LogP contribution in [0.5, 0.6) is 0 Å². The summed E-state index contributed by atoms with van der Waals surface area (Å²) in [6, 6.07) is 20.1. The molecule has 2 aliphatic rings. The maximum absolute atomic E-state index is 12.9. The van der Waals surface area contributed by atoms with Gasteiger partial charge < -0.3 is 5.32 Å². The Bertz CT molecular complexity index is 911. The van der Waals surface area contributed by atoms with Gasteiger partial charge in [-0.1, -0.05) is 42.5 Å². The van der Waals surface area contributed by atoms with E-state index in [1.165, 1.54) is 5.56 Å². The van der Waals surface area contributed by atoms with Crippen LogP contribution in [0.1, 0.15) is 22.1 Å². The normalized spacial score (nSPS) is 18.4. The summed E-state index contributed by atoms with van der Waals surface area (Å²) in [7, 11) is 0. The Morgan fingerprint density at radius 3 is 2.62 bits per heavy atom. The van der Waals surface area contributed by atoms with Crippen LogP contribution in [-0.2, 0) is 0 Å². The standard InChI is InChI=1S/C18H12N2O/c21-18-13-8-4-6-11-5-3-7-12(16(11)13)17-19-14-9-1-2-10-15(14)20(17)18/h1-10,17,19H. The van der Waals surface area contributed by atoms with Gasteiger partial charge in [-0.15, -0.1) is 0 Å². The van der Waals surface area contributed by atoms with E-state index >= 15 is 0 Å². The van der Waals surface area contributed by atoms with Crippen LogP contribution in [-0.4, -0.2) is 5.91 Å². The lowest BCUT2D eigenvalue weighted by atomic mass is 9.93. The topological polar surface area (TPSA) is 32.3 Å². The van der Waals surface area contributed by atoms with Gasteiger partial charge in [0.15, 0.2) is 0 Å². The minimum Gasteiger partial charge on any atom is -0.359 e. The number of benzene rings is 3. The van der Waals surface area contributed by atoms with E-state index in [0.717, 1.165) is 27.7 Å². The van der Waals surface area contributed by atoms with Crippen molar-refractivity contribution in [2.45, 2.75) is 6.17 Å². The third-order valence-electron chi connectivity index (χ3n) is 4.39. The van der Waals surface area contributed by atoms with Gasteiger partial charge in [-0.3, -0.25) is 9.69 Å². The van der Waals surface area contributed by atoms with E-state index in [4.69, 9.17) is 0 Å². The fourth-order valence-corrected chi connectivity index (χ4v) is 3.51. The zero-order valence-electron chi connectivity index (χ0n) is 11.2. The van der Waals surface area contributed by atoms with Crippen molar-refractivity contribution in [3.05, 3.63) is 71.8 Å². The number of fused-ring (bicyclic) bond motifs is 4. The molecule has 2 heterocycles. The van der Waals surface area contributed by atoms with Gasteiger partial charge in [0.2, 0.25) is 0 Å². The van der Waals surface area contributed by atoms with Gasteiger partial charge in [0, 0.05) is 16.5 Å². The summed E-state index contributed by atoms with van der Waals surface area (Å²) in [6.07, 6.45) is -0.103. The van der Waals surface area contributed by atoms with Crippen LogP contribution in [0.25, 0.3) is 10.8 Å². The zero-order valence-corrected chi connectivity index (χ0v) is 11.2. The highest BCUT2D eigenvalue weighted by Crippen LogP contribution is 2.46. The van der Waals surface area contributed by atoms with Crippen LogP contribution in [0.15, 0.2) is 60.7 Å². The Balaban J connectivity index is 1.87. The first-order valence-electron chi connectivity index (χ1n) is 7.05. The number of rotatable bonds is 0. The molecule has 3 aromatic rings. The molecule has 5 rings (SSSR count). The lowest BCUT2D eigenvalue weighted by molar-refractivity contribution is 0.0980. The van der Waals surface area contributed by atoms with Crippen molar-refractivity contribution >= 4 is 28.1 Å². The van der Waals surface area contributed by atoms with Crippen molar-refractivity contribution in [3.8, 4) is 0 Å². The summed E-state index contributed by atoms with van der Waals surface area (Å²) in [5.74, 6) is 0.0711. The number of carbonyl (C=O) groups excluding carboxylic acids is 1. The van der Waals surface area contributed by atoms with Crippen LogP contribution in [0, 0.1) is 0 Å². The zero-order chi connectivity index (χ0) is 14.0. The molecule has 0 spiro atoms. The molecule has 1 unspecified atom stereocenters. The summed E-state index contributed by atoms with van der Waals surface area (Å²) >= 11 is 0. The molecule has 21 heavy (non-hydrogen) atoms. The van der Waals surface area contributed by atoms with Crippen LogP contribution < -0.4 is 10.2 Å². The molecule has 0 saturated carbocycles. The molecule has 1 atom stereocenters. The van der Waals surface area contributed by atoms with Crippen molar-refractivity contribution in [2.75, 3.05) is 10.2 Å². The number of amides is 1. The number of hydrogen-bond acceptors (Lipinski definition) is 2. The Labute approximate surface area is 121 Å². The molecule has 2 aliphatic heterocycles. The summed E-state index contributed by atoms with van der Waals surface area (Å²) in [5.41, 5.74) is 3.93. The van der Waals surface area contributed by atoms with Crippen LogP contribution in [0.4, 0.5) is 11.4 Å². The first kappa shape index (κ1) is 10.9. The predicted molar refractivity (Wildman–Crippen MR) is 83.6 cm³/mol. The fraction of sp³-hybridized carbons (Fsp3) is 0.0556. The maximum atomic E-state index is 12.9. The molecule has 0 bridgehead atoms. The summed E-state index contributed by atoms with van der Waals surface area (Å²) in [4.78, 5) is 14.8. The molecular weight excluding hydrogens is 260 g/mol. The number of hydrogen-bond donors (Lipinski definition) is 1. The monoisotopic (exact) mass is 272 g/mol. The molecule has 0 radical (unpaired) electrons. The van der Waals surface area contributed by atoms with E-state index in [2.05, 4.69) is 29.6 Å². The third-order valence-corrected chi connectivity index (χ3v) is 4.39. The van der Waals surface area contributed by atoms with Gasteiger partial charge in [0.1, 0.15) is 6.17 Å². The third kappa shape index (κ3) is 1.26. The van der Waals surface area contributed by atoms with Gasteiger partial charge in [-0.25, -0.2) is 0 Å². The molecule has 0 aromatic heterocycles. The highest BCUT2D eigenvalue weighted by Gasteiger charge is 2.39. The Morgan fingerprint density at radius 2 is 1.71 bits per heavy atom. The number of carbonyl (C=O) groups is 1. The largest absolute Gasteiger partial charge is 0.359 e. The fourth-order valence-electron chi connectivity index (χ4n) is 3.51. The maximum Gasteiger partial charge on any atom is 0.260 e. The van der Waals surface area contributed by atoms with Gasteiger partial charge in [-0.05, 0) is 23.6 Å². The summed E-state index contributed by atoms with van der Waals surface area (Å²) < 4.78 is 0. The van der Waals surface area contributed by atoms with Gasteiger partial charge in [0.05, 0.1) is 11.4 Å². The molecule has 0 fully saturated rings. The van der Waals surface area contributed by atoms with Crippen molar-refractivity contribution < 1.29 is 4.79 Å². The van der Waals surface area contributed by atoms with E-state index in [1.807, 2.05) is 41.3 Å². The molecule has 1 N–H and O–H groups in total. The predicted octanol–water partition coefficient (Wildman–Crippen LogP) is 3.92. The number of nitrogens with zero attached hydrogens (tertiary/aromatic N) is 1. The van der Waals surface area contributed by atoms with Crippen molar-refractivity contribution in [2.24, 2.45) is 0 Å². The van der Waals surface area contributed by atoms with Gasteiger partial charge in [-0.2, -0.15) is 0 Å². The van der Waals surface area contributed by atoms with E-state index < -0.39 is 0 Å². The number of para-hydroxylation sites is 2. The number of anilines is 2. The quantitative estimate of drug-likeness (QED) is 0.672. The van der Waals surface area contributed by atoms with E-state index in [9.17, 15) is 4.79 Å². The van der Waals surface area contributed by atoms with Gasteiger partial charge in [0.25, 0.3) is 5.91 Å². The van der Waals surface area contributed by atoms with Crippen LogP contribution >= 0.6 is 0 Å². The van der Waals surface area contributed by atoms with E-state index in [-0.39, 0.29) is 12.1 Å². The second kappa shape index (κ2) is 3.64. The highest BCUT2D eigenvalue weighted by atomic mass is 16.2. The average Bonchev–Trinajstić information content (AvgIpc) is 2.92. The van der Waals surface area contributed by atoms with E-state index in [1.54, 1.807) is 0 Å². The van der Waals surface area contributed by atoms with Crippen molar-refractivity contribution in [1.82, 2.24) is 0 Å². The Hall–Kier alpha value is -2.81. The van der Waals surface area contributed by atoms with Crippen molar-refractivity contribution in [3.63, 3.8) is 0 Å². The Kier molecular flexibility index (Phi) is 1.89. The smallest absolute Gasteiger partial charge is 0.260 e. The molecular formula is C18H12N2O. The second-order valence-electron chi connectivity index (χ2n) is 5.49. The molecule has 0 aliphatic carbocycles. The van der Waals surface area contributed by atoms with Gasteiger partial charge >= 0.3 is 0 Å². The average molecular weight is 272 g/mol. The Morgan fingerprint density at radius 1 is 0.905 bits per heavy atom. The second-order valence-corrected chi connectivity index (χ2v) is 5.49. The summed E-state index contributed by atoms with van der Waals surface area (Å²) in [5, 5.41) is 5.67. The number of nitrogens with one attached hydrogen (secondary N) is 1. The molecule has 1 amide bonds. The lowest BCUT2D eigenvalue weighted by Crippen LogP contribution is -2.37. The molecule has 100 valence electrons.